The van der Waals surface area contributed by atoms with Gasteiger partial charge in [-0.25, -0.2) is 14.4 Å². The van der Waals surface area contributed by atoms with Gasteiger partial charge in [0, 0.05) is 35.1 Å². The molecule has 0 bridgehead atoms. The number of ketones is 1. The minimum atomic E-state index is -5.08. The van der Waals surface area contributed by atoms with Crippen LogP contribution < -0.4 is 26.8 Å². The molecule has 0 saturated heterocycles. The van der Waals surface area contributed by atoms with E-state index in [1.54, 1.807) is 0 Å². The minimum Gasteiger partial charge on any atom is -0.491 e. The third kappa shape index (κ3) is 17.6. The summed E-state index contributed by atoms with van der Waals surface area (Å²) in [7, 11) is 0. The molecule has 52 heavy (non-hydrogen) atoms. The number of carboxylic acid groups (broad SMARTS) is 4. The van der Waals surface area contributed by atoms with Crippen LogP contribution >= 0.6 is 0 Å². The number of nitrogen functional groups attached to an aromatic ring is 1. The number of amidine groups is 1. The lowest BCUT2D eigenvalue weighted by molar-refractivity contribution is -0.193. The Balaban J connectivity index is 0.00000156. The quantitative estimate of drug-likeness (QED) is 0.0593. The predicted octanol–water partition coefficient (Wildman–Crippen LogP) is 1.10. The Bertz CT molecular complexity index is 1670. The predicted molar refractivity (Wildman–Crippen MR) is 161 cm³/mol. The number of nitrogens with two attached hydrogens (primary N) is 2. The molecule has 0 aliphatic rings. The molecule has 1 atom stereocenters. The molecule has 2 rings (SSSR count). The fourth-order valence-electron chi connectivity index (χ4n) is 3.20. The van der Waals surface area contributed by atoms with Gasteiger partial charge in [-0.05, 0) is 30.7 Å². The topological polar surface area (TPSA) is 333 Å². The van der Waals surface area contributed by atoms with Crippen molar-refractivity contribution >= 4 is 53.3 Å². The van der Waals surface area contributed by atoms with Gasteiger partial charge in [0.2, 0.25) is 5.78 Å². The van der Waals surface area contributed by atoms with Crippen molar-refractivity contribution in [2.75, 3.05) is 6.61 Å². The molecule has 0 fully saturated rings. The molecule has 18 nitrogen and oxygen atoms in total. The molecular formula is C28H28F6N6O12. The fraction of sp³-hybridized carbons (Fsp3) is 0.250. The van der Waals surface area contributed by atoms with E-state index in [1.165, 1.54) is 42.5 Å². The van der Waals surface area contributed by atoms with Crippen LogP contribution in [0, 0.1) is 10.8 Å². The third-order valence-electron chi connectivity index (χ3n) is 5.57. The molecule has 284 valence electrons. The average Bonchev–Trinajstić information content (AvgIpc) is 3.01. The van der Waals surface area contributed by atoms with Crippen molar-refractivity contribution in [3.05, 3.63) is 64.7 Å². The second-order valence-corrected chi connectivity index (χ2v) is 9.61. The van der Waals surface area contributed by atoms with Crippen molar-refractivity contribution in [3.63, 3.8) is 0 Å². The summed E-state index contributed by atoms with van der Waals surface area (Å²) in [5, 5.41) is 51.8. The van der Waals surface area contributed by atoms with Gasteiger partial charge in [0.15, 0.2) is 5.96 Å². The van der Waals surface area contributed by atoms with Crippen LogP contribution in [0.15, 0.2) is 42.5 Å². The molecular weight excluding hydrogens is 726 g/mol. The van der Waals surface area contributed by atoms with Crippen LogP contribution in [0.5, 0.6) is 5.75 Å². The van der Waals surface area contributed by atoms with Crippen LogP contribution in [0.2, 0.25) is 0 Å². The second-order valence-electron chi connectivity index (χ2n) is 9.61. The van der Waals surface area contributed by atoms with Crippen molar-refractivity contribution in [3.8, 4) is 5.75 Å². The Labute approximate surface area is 286 Å². The molecule has 0 spiro atoms. The zero-order valence-electron chi connectivity index (χ0n) is 25.9. The maximum absolute atomic E-state index is 12.9. The molecule has 2 amide bonds. The molecule has 0 radical (unpaired) electrons. The van der Waals surface area contributed by atoms with E-state index in [0.29, 0.717) is 0 Å². The van der Waals surface area contributed by atoms with E-state index in [-0.39, 0.29) is 53.3 Å². The molecule has 2 aromatic carbocycles. The number of rotatable bonds is 13. The monoisotopic (exact) mass is 754 g/mol. The summed E-state index contributed by atoms with van der Waals surface area (Å²) in [6, 6.07) is 8.79. The van der Waals surface area contributed by atoms with E-state index < -0.39 is 72.2 Å². The number of aliphatic carboxylic acids is 4. The first-order valence-corrected chi connectivity index (χ1v) is 13.5. The number of hydrogen-bond acceptors (Lipinski definition) is 10. The van der Waals surface area contributed by atoms with Gasteiger partial charge in [0.1, 0.15) is 18.2 Å². The number of carboxylic acids is 4. The van der Waals surface area contributed by atoms with Crippen LogP contribution in [-0.4, -0.2) is 98.7 Å². The lowest BCUT2D eigenvalue weighted by Crippen LogP contribution is -2.40. The highest BCUT2D eigenvalue weighted by Crippen LogP contribution is 2.22. The molecule has 2 aromatic rings. The lowest BCUT2D eigenvalue weighted by atomic mass is 10.0. The number of carbonyl (C=O) groups is 7. The van der Waals surface area contributed by atoms with Crippen molar-refractivity contribution in [2.45, 2.75) is 37.7 Å². The van der Waals surface area contributed by atoms with E-state index in [1.807, 2.05) is 0 Å². The zero-order chi connectivity index (χ0) is 40.6. The molecule has 24 heteroatoms. The minimum absolute atomic E-state index is 0.0322. The normalized spacial score (nSPS) is 11.1. The Kier molecular flexibility index (Phi) is 17.4. The summed E-state index contributed by atoms with van der Waals surface area (Å²) in [6.07, 6.45) is -11.1. The van der Waals surface area contributed by atoms with E-state index in [9.17, 15) is 50.3 Å². The second kappa shape index (κ2) is 20.1. The Morgan fingerprint density at radius 3 is 1.69 bits per heavy atom. The Hall–Kier alpha value is -6.75. The highest BCUT2D eigenvalue weighted by molar-refractivity contribution is 6.33. The Morgan fingerprint density at radius 2 is 1.27 bits per heavy atom. The number of nitrogens with one attached hydrogen (secondary N) is 4. The van der Waals surface area contributed by atoms with Crippen LogP contribution in [0.1, 0.15) is 44.7 Å². The van der Waals surface area contributed by atoms with Gasteiger partial charge < -0.3 is 41.9 Å². The van der Waals surface area contributed by atoms with Crippen molar-refractivity contribution < 1.29 is 85.1 Å². The SMILES string of the molecule is N=C(N)NC(=O)c1cccc(C(=O)N[C@H](CCC(=O)O)COc2cc(C(=N)N)ccc2CC(=O)C(=O)O)c1.O=C(O)C(F)(F)F.O=C(O)C(F)(F)F. The van der Waals surface area contributed by atoms with Crippen molar-refractivity contribution in [1.82, 2.24) is 10.6 Å². The zero-order valence-corrected chi connectivity index (χ0v) is 25.9. The third-order valence-corrected chi connectivity index (χ3v) is 5.57. The highest BCUT2D eigenvalue weighted by Gasteiger charge is 2.39. The van der Waals surface area contributed by atoms with Gasteiger partial charge in [-0.15, -0.1) is 0 Å². The Morgan fingerprint density at radius 1 is 0.769 bits per heavy atom. The van der Waals surface area contributed by atoms with Gasteiger partial charge in [-0.1, -0.05) is 18.2 Å². The van der Waals surface area contributed by atoms with Gasteiger partial charge in [0.05, 0.1) is 6.04 Å². The number of carbonyl (C=O) groups excluding carboxylic acids is 3. The number of benzene rings is 2. The molecule has 0 unspecified atom stereocenters. The molecule has 0 saturated carbocycles. The summed E-state index contributed by atoms with van der Waals surface area (Å²) in [4.78, 5) is 76.6. The number of halogens is 6. The molecule has 12 N–H and O–H groups in total. The molecule has 0 aromatic heterocycles. The summed E-state index contributed by atoms with van der Waals surface area (Å²) in [6.45, 7) is -0.279. The standard InChI is InChI=1S/C24H26N6O8.2C2HF3O2/c25-20(26)13-5-4-12(9-17(31)23(36)37)18(10-13)38-11-16(6-7-19(32)33)29-21(34)14-2-1-3-15(8-14)22(35)30-24(27)28;2*3-2(4,5)1(6)7/h1-5,8,10,16H,6-7,9,11H2,(H3,25,26)(H,29,34)(H,32,33)(H,36,37)(H4,27,28,30,35);2*(H,6,7)/t16-;;/m1../s1. The molecule has 0 aliphatic heterocycles. The maximum Gasteiger partial charge on any atom is 0.490 e. The first-order valence-electron chi connectivity index (χ1n) is 13.5. The van der Waals surface area contributed by atoms with E-state index in [4.69, 9.17) is 57.0 Å². The number of amides is 2. The van der Waals surface area contributed by atoms with E-state index in [2.05, 4.69) is 10.6 Å². The maximum atomic E-state index is 12.9. The summed E-state index contributed by atoms with van der Waals surface area (Å²) >= 11 is 0. The van der Waals surface area contributed by atoms with Crippen molar-refractivity contribution in [2.24, 2.45) is 11.5 Å². The fourth-order valence-corrected chi connectivity index (χ4v) is 3.20. The van der Waals surface area contributed by atoms with Crippen LogP contribution in [0.4, 0.5) is 26.3 Å². The summed E-state index contributed by atoms with van der Waals surface area (Å²) in [5.41, 5.74) is 11.2. The van der Waals surface area contributed by atoms with Gasteiger partial charge in [-0.3, -0.25) is 35.3 Å². The van der Waals surface area contributed by atoms with Crippen molar-refractivity contribution in [1.29, 1.82) is 10.8 Å². The summed E-state index contributed by atoms with van der Waals surface area (Å²) < 4.78 is 69.2. The number of hydrogen-bond donors (Lipinski definition) is 10. The first-order chi connectivity index (χ1) is 23.8. The van der Waals surface area contributed by atoms with Crippen LogP contribution in [0.25, 0.3) is 0 Å². The lowest BCUT2D eigenvalue weighted by Gasteiger charge is -2.20. The van der Waals surface area contributed by atoms with E-state index >= 15 is 0 Å². The highest BCUT2D eigenvalue weighted by atomic mass is 19.4. The first kappa shape index (κ1) is 45.2. The van der Waals surface area contributed by atoms with Gasteiger partial charge in [0.25, 0.3) is 11.8 Å². The van der Waals surface area contributed by atoms with E-state index in [0.717, 1.165) is 0 Å². The molecule has 0 aliphatic carbocycles. The number of alkyl halides is 6. The number of Topliss-reactive ketones (excluding diaryl/α,β-unsaturated/α-hetero) is 1. The smallest absolute Gasteiger partial charge is 0.490 e. The van der Waals surface area contributed by atoms with Crippen LogP contribution in [-0.2, 0) is 30.4 Å². The van der Waals surface area contributed by atoms with Gasteiger partial charge in [-0.2, -0.15) is 26.3 Å². The van der Waals surface area contributed by atoms with Gasteiger partial charge >= 0.3 is 36.2 Å². The van der Waals surface area contributed by atoms with Crippen LogP contribution in [0.3, 0.4) is 0 Å². The average molecular weight is 755 g/mol. The largest absolute Gasteiger partial charge is 0.491 e. The summed E-state index contributed by atoms with van der Waals surface area (Å²) in [5.74, 6) is -11.6. The number of ether oxygens (including phenoxy) is 1. The molecule has 0 heterocycles. The number of guanidine groups is 1.